The van der Waals surface area contributed by atoms with E-state index in [0.717, 1.165) is 51.7 Å². The van der Waals surface area contributed by atoms with E-state index in [0.29, 0.717) is 13.0 Å². The number of nitrogens with zero attached hydrogens (tertiary/aromatic N) is 1. The van der Waals surface area contributed by atoms with Crippen LogP contribution in [0.3, 0.4) is 0 Å². The first-order valence-corrected chi connectivity index (χ1v) is 7.83. The van der Waals surface area contributed by atoms with Gasteiger partial charge in [0, 0.05) is 19.5 Å². The van der Waals surface area contributed by atoms with E-state index >= 15 is 0 Å². The number of nitrogens with one attached hydrogen (secondary N) is 1. The molecule has 5 nitrogen and oxygen atoms in total. The Balaban J connectivity index is 2.00. The summed E-state index contributed by atoms with van der Waals surface area (Å²) in [5, 5.41) is 3.27. The van der Waals surface area contributed by atoms with Gasteiger partial charge in [0.05, 0.1) is 12.6 Å². The minimum Gasteiger partial charge on any atom is -0.466 e. The fourth-order valence-electron chi connectivity index (χ4n) is 2.42. The van der Waals surface area contributed by atoms with Crippen LogP contribution in [0.25, 0.3) is 0 Å². The van der Waals surface area contributed by atoms with Crippen LogP contribution in [-0.2, 0) is 14.3 Å². The first kappa shape index (κ1) is 17.0. The summed E-state index contributed by atoms with van der Waals surface area (Å²) in [6.45, 7) is 6.84. The van der Waals surface area contributed by atoms with Gasteiger partial charge in [0.15, 0.2) is 0 Å². The van der Waals surface area contributed by atoms with Crippen LogP contribution in [0.4, 0.5) is 0 Å². The maximum atomic E-state index is 12.0. The molecule has 1 heterocycles. The Morgan fingerprint density at radius 1 is 1.20 bits per heavy atom. The number of carbonyl (C=O) groups excluding carboxylic acids is 2. The normalized spacial score (nSPS) is 16.2. The first-order chi connectivity index (χ1) is 9.65. The Hall–Kier alpha value is -1.10. The SMILES string of the molecule is CCOC(=O)CCCCCNC(C)C(=O)N1CCCC1. The zero-order valence-corrected chi connectivity index (χ0v) is 12.8. The number of hydrogen-bond acceptors (Lipinski definition) is 4. The Labute approximate surface area is 122 Å². The third kappa shape index (κ3) is 6.37. The summed E-state index contributed by atoms with van der Waals surface area (Å²) < 4.78 is 4.87. The molecule has 1 unspecified atom stereocenters. The van der Waals surface area contributed by atoms with Gasteiger partial charge in [-0.3, -0.25) is 9.59 Å². The fraction of sp³-hybridized carbons (Fsp3) is 0.867. The van der Waals surface area contributed by atoms with Crippen LogP contribution in [0.1, 0.15) is 52.4 Å². The van der Waals surface area contributed by atoms with Gasteiger partial charge >= 0.3 is 5.97 Å². The number of hydrogen-bond donors (Lipinski definition) is 1. The summed E-state index contributed by atoms with van der Waals surface area (Å²) in [5.41, 5.74) is 0. The highest BCUT2D eigenvalue weighted by molar-refractivity contribution is 5.81. The average molecular weight is 284 g/mol. The monoisotopic (exact) mass is 284 g/mol. The summed E-state index contributed by atoms with van der Waals surface area (Å²) in [5.74, 6) is 0.104. The number of esters is 1. The van der Waals surface area contributed by atoms with Crippen molar-refractivity contribution >= 4 is 11.9 Å². The van der Waals surface area contributed by atoms with Gasteiger partial charge in [-0.2, -0.15) is 0 Å². The van der Waals surface area contributed by atoms with Crippen LogP contribution in [0.15, 0.2) is 0 Å². The molecule has 1 N–H and O–H groups in total. The molecule has 1 aliphatic heterocycles. The molecule has 0 aliphatic carbocycles. The van der Waals surface area contributed by atoms with Crippen molar-refractivity contribution < 1.29 is 14.3 Å². The Morgan fingerprint density at radius 3 is 2.55 bits per heavy atom. The van der Waals surface area contributed by atoms with Crippen molar-refractivity contribution in [1.82, 2.24) is 10.2 Å². The zero-order chi connectivity index (χ0) is 14.8. The van der Waals surface area contributed by atoms with Gasteiger partial charge in [-0.15, -0.1) is 0 Å². The Kier molecular flexibility index (Phi) is 8.26. The molecule has 116 valence electrons. The molecule has 0 saturated carbocycles. The molecule has 1 saturated heterocycles. The topological polar surface area (TPSA) is 58.6 Å². The third-order valence-corrected chi connectivity index (χ3v) is 3.60. The van der Waals surface area contributed by atoms with E-state index in [1.54, 1.807) is 0 Å². The zero-order valence-electron chi connectivity index (χ0n) is 12.8. The molecule has 0 aromatic heterocycles. The predicted octanol–water partition coefficient (Wildman–Crippen LogP) is 1.71. The van der Waals surface area contributed by atoms with E-state index in [1.165, 1.54) is 0 Å². The van der Waals surface area contributed by atoms with Crippen molar-refractivity contribution in [2.75, 3.05) is 26.2 Å². The van der Waals surface area contributed by atoms with E-state index in [9.17, 15) is 9.59 Å². The standard InChI is InChI=1S/C15H28N2O3/c1-3-20-14(18)9-5-4-6-10-16-13(2)15(19)17-11-7-8-12-17/h13,16H,3-12H2,1-2H3. The van der Waals surface area contributed by atoms with E-state index < -0.39 is 0 Å². The largest absolute Gasteiger partial charge is 0.466 e. The highest BCUT2D eigenvalue weighted by Gasteiger charge is 2.22. The smallest absolute Gasteiger partial charge is 0.305 e. The van der Waals surface area contributed by atoms with Crippen LogP contribution in [0, 0.1) is 0 Å². The van der Waals surface area contributed by atoms with Crippen LogP contribution >= 0.6 is 0 Å². The molecule has 1 amide bonds. The number of rotatable bonds is 9. The number of ether oxygens (including phenoxy) is 1. The van der Waals surface area contributed by atoms with Crippen LogP contribution in [0.2, 0.25) is 0 Å². The van der Waals surface area contributed by atoms with Crippen LogP contribution in [-0.4, -0.2) is 49.1 Å². The third-order valence-electron chi connectivity index (χ3n) is 3.60. The summed E-state index contributed by atoms with van der Waals surface area (Å²) in [6.07, 6.45) is 5.58. The molecule has 0 aromatic rings. The molecule has 5 heteroatoms. The summed E-state index contributed by atoms with van der Waals surface area (Å²) >= 11 is 0. The van der Waals surface area contributed by atoms with Gasteiger partial charge in [-0.05, 0) is 46.1 Å². The maximum absolute atomic E-state index is 12.0. The highest BCUT2D eigenvalue weighted by Crippen LogP contribution is 2.09. The predicted molar refractivity (Wildman–Crippen MR) is 78.4 cm³/mol. The highest BCUT2D eigenvalue weighted by atomic mass is 16.5. The van der Waals surface area contributed by atoms with Crippen molar-refractivity contribution in [2.45, 2.75) is 58.4 Å². The van der Waals surface area contributed by atoms with Crippen molar-refractivity contribution in [3.05, 3.63) is 0 Å². The minimum absolute atomic E-state index is 0.0989. The first-order valence-electron chi connectivity index (χ1n) is 7.83. The van der Waals surface area contributed by atoms with Gasteiger partial charge in [-0.1, -0.05) is 6.42 Å². The second kappa shape index (κ2) is 9.75. The molecular weight excluding hydrogens is 256 g/mol. The van der Waals surface area contributed by atoms with Crippen molar-refractivity contribution in [2.24, 2.45) is 0 Å². The molecule has 0 radical (unpaired) electrons. The van der Waals surface area contributed by atoms with Crippen LogP contribution in [0.5, 0.6) is 0 Å². The van der Waals surface area contributed by atoms with Gasteiger partial charge in [-0.25, -0.2) is 0 Å². The van der Waals surface area contributed by atoms with Gasteiger partial charge < -0.3 is 15.0 Å². The lowest BCUT2D eigenvalue weighted by Gasteiger charge is -2.21. The van der Waals surface area contributed by atoms with Crippen molar-refractivity contribution in [3.63, 3.8) is 0 Å². The average Bonchev–Trinajstić information content (AvgIpc) is 2.95. The van der Waals surface area contributed by atoms with Gasteiger partial charge in [0.25, 0.3) is 0 Å². The molecular formula is C15H28N2O3. The Bertz CT molecular complexity index is 301. The molecule has 0 aromatic carbocycles. The summed E-state index contributed by atoms with van der Waals surface area (Å²) in [6, 6.07) is -0.0989. The second-order valence-electron chi connectivity index (χ2n) is 5.32. The maximum Gasteiger partial charge on any atom is 0.305 e. The lowest BCUT2D eigenvalue weighted by atomic mass is 10.2. The van der Waals surface area contributed by atoms with Crippen LogP contribution < -0.4 is 5.32 Å². The molecule has 1 aliphatic rings. The molecule has 1 rings (SSSR count). The second-order valence-corrected chi connectivity index (χ2v) is 5.32. The minimum atomic E-state index is -0.113. The number of likely N-dealkylation sites (tertiary alicyclic amines) is 1. The summed E-state index contributed by atoms with van der Waals surface area (Å²) in [4.78, 5) is 25.1. The van der Waals surface area contributed by atoms with E-state index in [-0.39, 0.29) is 17.9 Å². The lowest BCUT2D eigenvalue weighted by molar-refractivity contribution is -0.143. The molecule has 0 bridgehead atoms. The molecule has 1 atom stereocenters. The van der Waals surface area contributed by atoms with E-state index in [4.69, 9.17) is 4.74 Å². The molecule has 0 spiro atoms. The molecule has 20 heavy (non-hydrogen) atoms. The van der Waals surface area contributed by atoms with E-state index in [2.05, 4.69) is 5.32 Å². The van der Waals surface area contributed by atoms with Crippen molar-refractivity contribution in [3.8, 4) is 0 Å². The van der Waals surface area contributed by atoms with E-state index in [1.807, 2.05) is 18.7 Å². The number of unbranched alkanes of at least 4 members (excludes halogenated alkanes) is 2. The number of carbonyl (C=O) groups is 2. The fourth-order valence-corrected chi connectivity index (χ4v) is 2.42. The molecule has 1 fully saturated rings. The summed E-state index contributed by atoms with van der Waals surface area (Å²) in [7, 11) is 0. The lowest BCUT2D eigenvalue weighted by Crippen LogP contribution is -2.43. The Morgan fingerprint density at radius 2 is 1.90 bits per heavy atom. The van der Waals surface area contributed by atoms with Gasteiger partial charge in [0.1, 0.15) is 0 Å². The van der Waals surface area contributed by atoms with Crippen molar-refractivity contribution in [1.29, 1.82) is 0 Å². The van der Waals surface area contributed by atoms with Gasteiger partial charge in [0.2, 0.25) is 5.91 Å². The number of amides is 1. The quantitative estimate of drug-likeness (QED) is 0.517.